The van der Waals surface area contributed by atoms with Gasteiger partial charge in [0.15, 0.2) is 0 Å². The molecule has 0 aliphatic rings. The van der Waals surface area contributed by atoms with Crippen LogP contribution in [0.3, 0.4) is 0 Å². The topological polar surface area (TPSA) is 70.2 Å². The number of hydrogen-bond donors (Lipinski definition) is 3. The van der Waals surface area contributed by atoms with Gasteiger partial charge in [0.25, 0.3) is 0 Å². The highest BCUT2D eigenvalue weighted by Crippen LogP contribution is 2.10. The smallest absolute Gasteiger partial charge is 0.225 e. The molecule has 0 radical (unpaired) electrons. The van der Waals surface area contributed by atoms with Gasteiger partial charge in [-0.1, -0.05) is 12.1 Å². The van der Waals surface area contributed by atoms with Crippen molar-refractivity contribution in [1.82, 2.24) is 10.6 Å². The van der Waals surface area contributed by atoms with E-state index in [0.29, 0.717) is 19.4 Å². The van der Waals surface area contributed by atoms with Crippen molar-refractivity contribution in [1.29, 1.82) is 0 Å². The summed E-state index contributed by atoms with van der Waals surface area (Å²) in [6, 6.07) is 7.49. The van der Waals surface area contributed by atoms with Crippen molar-refractivity contribution < 1.29 is 9.59 Å². The highest BCUT2D eigenvalue weighted by Gasteiger charge is 2.05. The van der Waals surface area contributed by atoms with Gasteiger partial charge in [-0.05, 0) is 38.6 Å². The van der Waals surface area contributed by atoms with Gasteiger partial charge in [0, 0.05) is 24.7 Å². The van der Waals surface area contributed by atoms with Crippen LogP contribution in [0.1, 0.15) is 25.8 Å². The molecule has 0 bridgehead atoms. The van der Waals surface area contributed by atoms with Crippen LogP contribution in [-0.4, -0.2) is 31.4 Å². The Hall–Kier alpha value is -1.88. The van der Waals surface area contributed by atoms with Crippen molar-refractivity contribution in [2.45, 2.75) is 32.7 Å². The Balaban J connectivity index is 2.47. The number of amides is 2. The first-order chi connectivity index (χ1) is 9.51. The lowest BCUT2D eigenvalue weighted by molar-refractivity contribution is -0.121. The standard InChI is InChI=1S/C15H23N3O2/c1-11(2)17-15(20)10-12-4-6-13(7-5-12)18-14(19)8-9-16-3/h4-7,11,16H,8-10H2,1-3H3,(H,17,20)(H,18,19). The monoisotopic (exact) mass is 277 g/mol. The van der Waals surface area contributed by atoms with Crippen molar-refractivity contribution in [3.63, 3.8) is 0 Å². The van der Waals surface area contributed by atoms with E-state index in [1.165, 1.54) is 0 Å². The summed E-state index contributed by atoms with van der Waals surface area (Å²) in [5.74, 6) is -0.0181. The molecule has 110 valence electrons. The molecule has 0 aliphatic carbocycles. The van der Waals surface area contributed by atoms with Gasteiger partial charge in [-0.15, -0.1) is 0 Å². The molecule has 5 heteroatoms. The van der Waals surface area contributed by atoms with Crippen LogP contribution in [0.25, 0.3) is 0 Å². The molecule has 20 heavy (non-hydrogen) atoms. The maximum Gasteiger partial charge on any atom is 0.225 e. The molecule has 0 aromatic heterocycles. The van der Waals surface area contributed by atoms with E-state index < -0.39 is 0 Å². The highest BCUT2D eigenvalue weighted by atomic mass is 16.2. The van der Waals surface area contributed by atoms with Crippen LogP contribution in [0.15, 0.2) is 24.3 Å². The lowest BCUT2D eigenvalue weighted by atomic mass is 10.1. The third-order valence-electron chi connectivity index (χ3n) is 2.65. The first-order valence-electron chi connectivity index (χ1n) is 6.84. The summed E-state index contributed by atoms with van der Waals surface area (Å²) in [5.41, 5.74) is 1.68. The quantitative estimate of drug-likeness (QED) is 0.703. The Morgan fingerprint density at radius 2 is 1.75 bits per heavy atom. The summed E-state index contributed by atoms with van der Waals surface area (Å²) in [5, 5.41) is 8.58. The van der Waals surface area contributed by atoms with Gasteiger partial charge in [-0.2, -0.15) is 0 Å². The predicted molar refractivity (Wildman–Crippen MR) is 80.6 cm³/mol. The summed E-state index contributed by atoms with van der Waals surface area (Å²) in [6.45, 7) is 4.52. The van der Waals surface area contributed by atoms with Crippen LogP contribution in [0.4, 0.5) is 5.69 Å². The Kier molecular flexibility index (Phi) is 6.73. The van der Waals surface area contributed by atoms with Gasteiger partial charge < -0.3 is 16.0 Å². The molecular formula is C15H23N3O2. The van der Waals surface area contributed by atoms with Gasteiger partial charge in [-0.3, -0.25) is 9.59 Å². The highest BCUT2D eigenvalue weighted by molar-refractivity contribution is 5.90. The van der Waals surface area contributed by atoms with Gasteiger partial charge in [-0.25, -0.2) is 0 Å². The third-order valence-corrected chi connectivity index (χ3v) is 2.65. The fourth-order valence-electron chi connectivity index (χ4n) is 1.73. The average molecular weight is 277 g/mol. The summed E-state index contributed by atoms with van der Waals surface area (Å²) < 4.78 is 0. The number of carbonyl (C=O) groups is 2. The number of nitrogens with one attached hydrogen (secondary N) is 3. The lowest BCUT2D eigenvalue weighted by Crippen LogP contribution is -2.31. The lowest BCUT2D eigenvalue weighted by Gasteiger charge is -2.09. The predicted octanol–water partition coefficient (Wildman–Crippen LogP) is 1.30. The second kappa shape index (κ2) is 8.32. The number of rotatable bonds is 7. The number of hydrogen-bond acceptors (Lipinski definition) is 3. The molecule has 0 saturated heterocycles. The zero-order chi connectivity index (χ0) is 15.0. The maximum atomic E-state index is 11.6. The van der Waals surface area contributed by atoms with E-state index >= 15 is 0 Å². The summed E-state index contributed by atoms with van der Waals surface area (Å²) >= 11 is 0. The van der Waals surface area contributed by atoms with E-state index in [4.69, 9.17) is 0 Å². The number of benzene rings is 1. The molecule has 0 fully saturated rings. The Labute approximate surface area is 120 Å². The summed E-state index contributed by atoms with van der Waals surface area (Å²) in [7, 11) is 1.81. The molecule has 0 aliphatic heterocycles. The van der Waals surface area contributed by atoms with Crippen molar-refractivity contribution >= 4 is 17.5 Å². The zero-order valence-corrected chi connectivity index (χ0v) is 12.3. The Bertz CT molecular complexity index is 441. The first-order valence-corrected chi connectivity index (χ1v) is 6.84. The van der Waals surface area contributed by atoms with Gasteiger partial charge in [0.1, 0.15) is 0 Å². The number of anilines is 1. The third kappa shape index (κ3) is 6.33. The van der Waals surface area contributed by atoms with E-state index in [-0.39, 0.29) is 17.9 Å². The molecule has 1 aromatic rings. The minimum absolute atomic E-state index is 0.00538. The zero-order valence-electron chi connectivity index (χ0n) is 12.3. The van der Waals surface area contributed by atoms with Crippen LogP contribution in [0, 0.1) is 0 Å². The molecule has 1 aromatic carbocycles. The van der Waals surface area contributed by atoms with Gasteiger partial charge >= 0.3 is 0 Å². The average Bonchev–Trinajstić information content (AvgIpc) is 2.37. The van der Waals surface area contributed by atoms with Gasteiger partial charge in [0.2, 0.25) is 11.8 Å². The van der Waals surface area contributed by atoms with Gasteiger partial charge in [0.05, 0.1) is 6.42 Å². The fourth-order valence-corrected chi connectivity index (χ4v) is 1.73. The minimum atomic E-state index is -0.0235. The summed E-state index contributed by atoms with van der Waals surface area (Å²) in [4.78, 5) is 23.2. The largest absolute Gasteiger partial charge is 0.354 e. The second-order valence-corrected chi connectivity index (χ2v) is 5.00. The van der Waals surface area contributed by atoms with Crippen LogP contribution in [-0.2, 0) is 16.0 Å². The molecule has 0 heterocycles. The molecule has 2 amide bonds. The van der Waals surface area contributed by atoms with Crippen molar-refractivity contribution in [3.05, 3.63) is 29.8 Å². The summed E-state index contributed by atoms with van der Waals surface area (Å²) in [6.07, 6.45) is 0.793. The van der Waals surface area contributed by atoms with E-state index in [1.54, 1.807) is 0 Å². The van der Waals surface area contributed by atoms with E-state index in [2.05, 4.69) is 16.0 Å². The van der Waals surface area contributed by atoms with E-state index in [1.807, 2.05) is 45.2 Å². The molecule has 1 rings (SSSR count). The SMILES string of the molecule is CNCCC(=O)Nc1ccc(CC(=O)NC(C)C)cc1. The second-order valence-electron chi connectivity index (χ2n) is 5.00. The van der Waals surface area contributed by atoms with Crippen molar-refractivity contribution in [3.8, 4) is 0 Å². The van der Waals surface area contributed by atoms with Crippen LogP contribution < -0.4 is 16.0 Å². The molecule has 0 unspecified atom stereocenters. The maximum absolute atomic E-state index is 11.6. The van der Waals surface area contributed by atoms with E-state index in [0.717, 1.165) is 11.3 Å². The molecule has 0 spiro atoms. The van der Waals surface area contributed by atoms with Crippen LogP contribution in [0.2, 0.25) is 0 Å². The fraction of sp³-hybridized carbons (Fsp3) is 0.467. The molecule has 0 saturated carbocycles. The van der Waals surface area contributed by atoms with Crippen molar-refractivity contribution in [2.75, 3.05) is 18.9 Å². The number of carbonyl (C=O) groups excluding carboxylic acids is 2. The van der Waals surface area contributed by atoms with E-state index in [9.17, 15) is 9.59 Å². The van der Waals surface area contributed by atoms with Crippen molar-refractivity contribution in [2.24, 2.45) is 0 Å². The molecule has 0 atom stereocenters. The molecule has 5 nitrogen and oxygen atoms in total. The minimum Gasteiger partial charge on any atom is -0.354 e. The van der Waals surface area contributed by atoms with Crippen LogP contribution in [0.5, 0.6) is 0 Å². The molecular weight excluding hydrogens is 254 g/mol. The van der Waals surface area contributed by atoms with Crippen LogP contribution >= 0.6 is 0 Å². The Morgan fingerprint density at radius 1 is 1.10 bits per heavy atom. The first kappa shape index (κ1) is 16.2. The molecule has 3 N–H and O–H groups in total. The normalized spacial score (nSPS) is 10.4. The Morgan fingerprint density at radius 3 is 2.30 bits per heavy atom.